The van der Waals surface area contributed by atoms with Gasteiger partial charge in [0, 0.05) is 51.1 Å². The molecule has 3 atom stereocenters. The Kier molecular flexibility index (Phi) is 11.7. The van der Waals surface area contributed by atoms with Crippen molar-refractivity contribution in [3.63, 3.8) is 0 Å². The number of benzene rings is 1. The molecule has 2 aromatic rings. The molecule has 0 bridgehead atoms. The molecule has 3 N–H and O–H groups in total. The van der Waals surface area contributed by atoms with Gasteiger partial charge in [0.15, 0.2) is 0 Å². The van der Waals surface area contributed by atoms with Gasteiger partial charge in [-0.05, 0) is 62.3 Å². The van der Waals surface area contributed by atoms with Crippen molar-refractivity contribution in [3.05, 3.63) is 41.8 Å². The van der Waals surface area contributed by atoms with Gasteiger partial charge in [-0.1, -0.05) is 45.6 Å². The van der Waals surface area contributed by atoms with Crippen molar-refractivity contribution >= 4 is 35.1 Å². The van der Waals surface area contributed by atoms with E-state index in [0.29, 0.717) is 30.4 Å². The molecule has 1 aliphatic heterocycles. The Labute approximate surface area is 277 Å². The second-order valence-electron chi connectivity index (χ2n) is 13.6. The first kappa shape index (κ1) is 34.5. The van der Waals surface area contributed by atoms with Gasteiger partial charge >= 0.3 is 0 Å². The fourth-order valence-electron chi connectivity index (χ4n) is 6.74. The van der Waals surface area contributed by atoms with Crippen LogP contribution in [0.1, 0.15) is 83.1 Å². The lowest BCUT2D eigenvalue weighted by Gasteiger charge is -2.36. The van der Waals surface area contributed by atoms with Crippen LogP contribution < -0.4 is 16.0 Å². The van der Waals surface area contributed by atoms with E-state index in [0.717, 1.165) is 71.0 Å². The number of halogens is 1. The molecule has 256 valence electrons. The van der Waals surface area contributed by atoms with Crippen molar-refractivity contribution in [2.75, 3.05) is 43.9 Å². The third-order valence-corrected chi connectivity index (χ3v) is 10.0. The van der Waals surface area contributed by atoms with Crippen LogP contribution in [0.3, 0.4) is 0 Å². The van der Waals surface area contributed by atoms with Crippen LogP contribution in [0.15, 0.2) is 30.5 Å². The van der Waals surface area contributed by atoms with Crippen molar-refractivity contribution in [3.8, 4) is 0 Å². The predicted octanol–water partition coefficient (Wildman–Crippen LogP) is 4.37. The number of amides is 4. The fourth-order valence-corrected chi connectivity index (χ4v) is 6.74. The molecule has 1 aromatic heterocycles. The number of hydrogen-bond donors (Lipinski definition) is 3. The summed E-state index contributed by atoms with van der Waals surface area (Å²) >= 11 is 0. The van der Waals surface area contributed by atoms with E-state index >= 15 is 4.39 Å². The topological polar surface area (TPSA) is 129 Å². The van der Waals surface area contributed by atoms with Crippen molar-refractivity contribution in [2.45, 2.75) is 90.1 Å². The SMILES string of the molecule is CCC(=O)N[C@@H](C(=O)N1CCN(C)CC1)[C@@H](C)c1ccc(NC(=O)[C@@H](C(=O)Nc2ccnn2CC2CC2)C2CCCCCC2)c(F)c1. The van der Waals surface area contributed by atoms with Gasteiger partial charge < -0.3 is 25.8 Å². The van der Waals surface area contributed by atoms with Crippen molar-refractivity contribution in [1.29, 1.82) is 0 Å². The van der Waals surface area contributed by atoms with Crippen molar-refractivity contribution in [2.24, 2.45) is 17.8 Å². The highest BCUT2D eigenvalue weighted by Crippen LogP contribution is 2.33. The molecular formula is C35H50FN7O4. The van der Waals surface area contributed by atoms with Crippen LogP contribution in [0.5, 0.6) is 0 Å². The average molecular weight is 652 g/mol. The monoisotopic (exact) mass is 651 g/mol. The second kappa shape index (κ2) is 15.9. The van der Waals surface area contributed by atoms with Crippen LogP contribution in [0, 0.1) is 23.6 Å². The Balaban J connectivity index is 1.32. The molecule has 0 spiro atoms. The van der Waals surface area contributed by atoms with E-state index in [-0.39, 0.29) is 29.8 Å². The molecule has 0 radical (unpaired) electrons. The number of rotatable bonds is 12. The molecular weight excluding hydrogens is 601 g/mol. The average Bonchev–Trinajstić information content (AvgIpc) is 3.84. The minimum Gasteiger partial charge on any atom is -0.344 e. The van der Waals surface area contributed by atoms with Gasteiger partial charge in [-0.3, -0.25) is 19.2 Å². The minimum absolute atomic E-state index is 0.0318. The van der Waals surface area contributed by atoms with Crippen LogP contribution in [0.25, 0.3) is 0 Å². The zero-order chi connectivity index (χ0) is 33.5. The number of nitrogens with one attached hydrogen (secondary N) is 3. The van der Waals surface area contributed by atoms with Crippen LogP contribution in [-0.4, -0.2) is 82.5 Å². The number of anilines is 2. The van der Waals surface area contributed by atoms with E-state index < -0.39 is 35.5 Å². The molecule has 0 unspecified atom stereocenters. The molecule has 1 aromatic carbocycles. The largest absolute Gasteiger partial charge is 0.344 e. The standard InChI is InChI=1S/C35H50FN7O4/c1-4-30(44)40-32(35(47)42-19-17-41(3)18-20-42)23(2)26-13-14-28(27(36)21-26)38-33(45)31(25-9-7-5-6-8-10-25)34(46)39-29-15-16-37-43(29)22-24-11-12-24/h13-16,21,23-25,31-32H,4-12,17-20,22H2,1-3H3,(H,38,45)(H,39,46)(H,40,44)/t23-,31-,32+/m0/s1. The zero-order valence-corrected chi connectivity index (χ0v) is 28.0. The number of nitrogens with zero attached hydrogens (tertiary/aromatic N) is 4. The maximum atomic E-state index is 15.7. The molecule has 2 aliphatic carbocycles. The first-order valence-corrected chi connectivity index (χ1v) is 17.3. The lowest BCUT2D eigenvalue weighted by Crippen LogP contribution is -2.55. The highest BCUT2D eigenvalue weighted by Gasteiger charge is 2.37. The quantitative estimate of drug-likeness (QED) is 0.231. The zero-order valence-electron chi connectivity index (χ0n) is 28.0. The summed E-state index contributed by atoms with van der Waals surface area (Å²) in [4.78, 5) is 57.5. The molecule has 1 saturated heterocycles. The molecule has 12 heteroatoms. The Hall–Kier alpha value is -3.80. The number of aromatic nitrogens is 2. The number of carbonyl (C=O) groups excluding carboxylic acids is 4. The summed E-state index contributed by atoms with van der Waals surface area (Å²) in [6, 6.07) is 5.34. The summed E-state index contributed by atoms with van der Waals surface area (Å²) in [5.74, 6) is -2.63. The van der Waals surface area contributed by atoms with Gasteiger partial charge in [-0.2, -0.15) is 5.10 Å². The molecule has 47 heavy (non-hydrogen) atoms. The van der Waals surface area contributed by atoms with Crippen molar-refractivity contribution in [1.82, 2.24) is 24.9 Å². The Morgan fingerprint density at radius 3 is 2.26 bits per heavy atom. The lowest BCUT2D eigenvalue weighted by molar-refractivity contribution is -0.138. The minimum atomic E-state index is -0.995. The van der Waals surface area contributed by atoms with Gasteiger partial charge in [0.25, 0.3) is 0 Å². The number of carbonyl (C=O) groups is 4. The Morgan fingerprint density at radius 2 is 1.62 bits per heavy atom. The smallest absolute Gasteiger partial charge is 0.245 e. The second-order valence-corrected chi connectivity index (χ2v) is 13.6. The van der Waals surface area contributed by atoms with E-state index in [1.807, 2.05) is 7.05 Å². The van der Waals surface area contributed by atoms with Gasteiger partial charge in [0.2, 0.25) is 23.6 Å². The fraction of sp³-hybridized carbons (Fsp3) is 0.629. The lowest BCUT2D eigenvalue weighted by atomic mass is 9.84. The van der Waals surface area contributed by atoms with Crippen LogP contribution in [0.4, 0.5) is 15.9 Å². The third kappa shape index (κ3) is 8.97. The summed E-state index contributed by atoms with van der Waals surface area (Å²) in [6.45, 7) is 6.82. The van der Waals surface area contributed by atoms with E-state index in [2.05, 4.69) is 25.9 Å². The van der Waals surface area contributed by atoms with Crippen LogP contribution in [-0.2, 0) is 25.7 Å². The van der Waals surface area contributed by atoms with Gasteiger partial charge in [0.1, 0.15) is 23.6 Å². The number of likely N-dealkylation sites (N-methyl/N-ethyl adjacent to an activating group) is 1. The van der Waals surface area contributed by atoms with Gasteiger partial charge in [-0.25, -0.2) is 9.07 Å². The van der Waals surface area contributed by atoms with E-state index in [4.69, 9.17) is 0 Å². The van der Waals surface area contributed by atoms with Crippen molar-refractivity contribution < 1.29 is 23.6 Å². The first-order valence-electron chi connectivity index (χ1n) is 17.3. The molecule has 11 nitrogen and oxygen atoms in total. The molecule has 2 saturated carbocycles. The van der Waals surface area contributed by atoms with Crippen LogP contribution in [0.2, 0.25) is 0 Å². The molecule has 4 amide bonds. The molecule has 3 fully saturated rings. The Morgan fingerprint density at radius 1 is 0.936 bits per heavy atom. The summed E-state index contributed by atoms with van der Waals surface area (Å²) in [6.07, 6.45) is 9.64. The van der Waals surface area contributed by atoms with Gasteiger partial charge in [-0.15, -0.1) is 0 Å². The Bertz CT molecular complexity index is 1410. The summed E-state index contributed by atoms with van der Waals surface area (Å²) in [5, 5.41) is 12.9. The van der Waals surface area contributed by atoms with E-state index in [9.17, 15) is 19.2 Å². The van der Waals surface area contributed by atoms with Crippen LogP contribution >= 0.6 is 0 Å². The highest BCUT2D eigenvalue weighted by atomic mass is 19.1. The van der Waals surface area contributed by atoms with E-state index in [1.165, 1.54) is 12.1 Å². The van der Waals surface area contributed by atoms with E-state index in [1.54, 1.807) is 41.8 Å². The third-order valence-electron chi connectivity index (χ3n) is 10.0. The van der Waals surface area contributed by atoms with Gasteiger partial charge in [0.05, 0.1) is 11.9 Å². The number of piperazine rings is 1. The predicted molar refractivity (Wildman–Crippen MR) is 178 cm³/mol. The maximum absolute atomic E-state index is 15.7. The summed E-state index contributed by atoms with van der Waals surface area (Å²) in [7, 11) is 2.00. The molecule has 5 rings (SSSR count). The molecule has 2 heterocycles. The summed E-state index contributed by atoms with van der Waals surface area (Å²) in [5.41, 5.74) is 0.488. The highest BCUT2D eigenvalue weighted by molar-refractivity contribution is 6.11. The number of hydrogen-bond acceptors (Lipinski definition) is 6. The maximum Gasteiger partial charge on any atom is 0.245 e. The summed E-state index contributed by atoms with van der Waals surface area (Å²) < 4.78 is 17.5. The normalized spacial score (nSPS) is 19.7. The first-order chi connectivity index (χ1) is 22.6. The molecule has 3 aliphatic rings.